The molecule has 0 fully saturated rings. The summed E-state index contributed by atoms with van der Waals surface area (Å²) >= 11 is 3.57. The second-order valence-electron chi connectivity index (χ2n) is 4.19. The maximum absolute atomic E-state index is 8.85. The SMILES string of the molecule is N#Cc1cc(Oc2ccc3ccccc3c2Br)ccn1. The minimum Gasteiger partial charge on any atom is -0.456 e. The molecule has 0 bridgehead atoms. The van der Waals surface area contributed by atoms with Crippen LogP contribution in [-0.4, -0.2) is 4.98 Å². The van der Waals surface area contributed by atoms with Crippen LogP contribution < -0.4 is 4.74 Å². The Balaban J connectivity index is 2.02. The van der Waals surface area contributed by atoms with Crippen molar-refractivity contribution in [1.82, 2.24) is 4.98 Å². The van der Waals surface area contributed by atoms with Crippen molar-refractivity contribution in [1.29, 1.82) is 5.26 Å². The molecule has 3 aromatic rings. The molecule has 3 rings (SSSR count). The summed E-state index contributed by atoms with van der Waals surface area (Å²) in [6, 6.07) is 17.3. The number of pyridine rings is 1. The molecule has 0 saturated heterocycles. The second kappa shape index (κ2) is 5.32. The van der Waals surface area contributed by atoms with Gasteiger partial charge in [-0.2, -0.15) is 5.26 Å². The molecular weight excluding hydrogens is 316 g/mol. The normalized spacial score (nSPS) is 10.2. The van der Waals surface area contributed by atoms with Gasteiger partial charge in [-0.05, 0) is 38.8 Å². The highest BCUT2D eigenvalue weighted by Crippen LogP contribution is 2.35. The van der Waals surface area contributed by atoms with Gasteiger partial charge in [-0.15, -0.1) is 0 Å². The number of ether oxygens (including phenoxy) is 1. The topological polar surface area (TPSA) is 45.9 Å². The molecule has 4 heteroatoms. The molecule has 0 atom stereocenters. The van der Waals surface area contributed by atoms with Crippen molar-refractivity contribution in [3.8, 4) is 17.6 Å². The predicted octanol–water partition coefficient (Wildman–Crippen LogP) is 4.66. The average molecular weight is 325 g/mol. The highest BCUT2D eigenvalue weighted by Gasteiger charge is 2.07. The van der Waals surface area contributed by atoms with Crippen LogP contribution in [0.3, 0.4) is 0 Å². The number of aromatic nitrogens is 1. The smallest absolute Gasteiger partial charge is 0.144 e. The van der Waals surface area contributed by atoms with Crippen molar-refractivity contribution in [2.24, 2.45) is 0 Å². The first-order valence-electron chi connectivity index (χ1n) is 5.99. The Bertz CT molecular complexity index is 824. The second-order valence-corrected chi connectivity index (χ2v) is 4.98. The minimum absolute atomic E-state index is 0.333. The lowest BCUT2D eigenvalue weighted by Crippen LogP contribution is -1.89. The van der Waals surface area contributed by atoms with Gasteiger partial charge in [0.1, 0.15) is 23.3 Å². The molecular formula is C16H9BrN2O. The summed E-state index contributed by atoms with van der Waals surface area (Å²) in [5.74, 6) is 1.30. The zero-order chi connectivity index (χ0) is 13.9. The van der Waals surface area contributed by atoms with Crippen LogP contribution in [0.2, 0.25) is 0 Å². The number of rotatable bonds is 2. The van der Waals surface area contributed by atoms with Gasteiger partial charge in [0, 0.05) is 12.3 Å². The fraction of sp³-hybridized carbons (Fsp3) is 0. The average Bonchev–Trinajstić information content (AvgIpc) is 2.50. The lowest BCUT2D eigenvalue weighted by molar-refractivity contribution is 0.479. The zero-order valence-corrected chi connectivity index (χ0v) is 12.0. The first kappa shape index (κ1) is 12.6. The molecule has 0 aliphatic carbocycles. The Labute approximate surface area is 124 Å². The number of hydrogen-bond donors (Lipinski definition) is 0. The van der Waals surface area contributed by atoms with E-state index in [4.69, 9.17) is 10.00 Å². The van der Waals surface area contributed by atoms with Crippen molar-refractivity contribution < 1.29 is 4.74 Å². The quantitative estimate of drug-likeness (QED) is 0.688. The van der Waals surface area contributed by atoms with Crippen LogP contribution in [0.5, 0.6) is 11.5 Å². The molecule has 96 valence electrons. The summed E-state index contributed by atoms with van der Waals surface area (Å²) in [6.07, 6.45) is 1.56. The van der Waals surface area contributed by atoms with Gasteiger partial charge >= 0.3 is 0 Å². The molecule has 0 aliphatic rings. The Morgan fingerprint density at radius 1 is 1.10 bits per heavy atom. The number of hydrogen-bond acceptors (Lipinski definition) is 3. The molecule has 20 heavy (non-hydrogen) atoms. The van der Waals surface area contributed by atoms with E-state index in [1.165, 1.54) is 0 Å². The van der Waals surface area contributed by atoms with Crippen LogP contribution in [-0.2, 0) is 0 Å². The number of benzene rings is 2. The van der Waals surface area contributed by atoms with E-state index in [-0.39, 0.29) is 0 Å². The van der Waals surface area contributed by atoms with E-state index < -0.39 is 0 Å². The maximum atomic E-state index is 8.85. The Morgan fingerprint density at radius 3 is 2.80 bits per heavy atom. The monoisotopic (exact) mass is 324 g/mol. The van der Waals surface area contributed by atoms with Gasteiger partial charge in [0.2, 0.25) is 0 Å². The highest BCUT2D eigenvalue weighted by atomic mass is 79.9. The van der Waals surface area contributed by atoms with Crippen LogP contribution in [0.15, 0.2) is 59.2 Å². The Hall–Kier alpha value is -2.38. The van der Waals surface area contributed by atoms with Gasteiger partial charge in [0.05, 0.1) is 4.47 Å². The van der Waals surface area contributed by atoms with Crippen molar-refractivity contribution >= 4 is 26.7 Å². The van der Waals surface area contributed by atoms with Crippen molar-refractivity contribution in [3.05, 3.63) is 64.9 Å². The fourth-order valence-corrected chi connectivity index (χ4v) is 2.53. The van der Waals surface area contributed by atoms with E-state index in [0.29, 0.717) is 17.2 Å². The zero-order valence-electron chi connectivity index (χ0n) is 10.4. The van der Waals surface area contributed by atoms with E-state index in [2.05, 4.69) is 20.9 Å². The van der Waals surface area contributed by atoms with E-state index in [1.54, 1.807) is 18.3 Å². The molecule has 1 aromatic heterocycles. The molecule has 0 unspecified atom stereocenters. The van der Waals surface area contributed by atoms with Gasteiger partial charge in [-0.1, -0.05) is 30.3 Å². The summed E-state index contributed by atoms with van der Waals surface area (Å²) in [6.45, 7) is 0. The van der Waals surface area contributed by atoms with Crippen LogP contribution in [0.25, 0.3) is 10.8 Å². The molecule has 0 N–H and O–H groups in total. The third-order valence-electron chi connectivity index (χ3n) is 2.90. The van der Waals surface area contributed by atoms with E-state index in [1.807, 2.05) is 42.5 Å². The molecule has 0 radical (unpaired) electrons. The molecule has 1 heterocycles. The molecule has 0 spiro atoms. The molecule has 0 amide bonds. The molecule has 3 nitrogen and oxygen atoms in total. The van der Waals surface area contributed by atoms with Crippen LogP contribution >= 0.6 is 15.9 Å². The Morgan fingerprint density at radius 2 is 1.95 bits per heavy atom. The third-order valence-corrected chi connectivity index (χ3v) is 3.72. The third kappa shape index (κ3) is 2.36. The predicted molar refractivity (Wildman–Crippen MR) is 80.7 cm³/mol. The summed E-state index contributed by atoms with van der Waals surface area (Å²) in [4.78, 5) is 3.92. The summed E-state index contributed by atoms with van der Waals surface area (Å²) < 4.78 is 6.72. The Kier molecular flexibility index (Phi) is 3.36. The summed E-state index contributed by atoms with van der Waals surface area (Å²) in [7, 11) is 0. The van der Waals surface area contributed by atoms with Crippen LogP contribution in [0, 0.1) is 11.3 Å². The molecule has 0 aliphatic heterocycles. The first-order valence-corrected chi connectivity index (χ1v) is 6.78. The van der Waals surface area contributed by atoms with Crippen molar-refractivity contribution in [2.45, 2.75) is 0 Å². The van der Waals surface area contributed by atoms with Crippen molar-refractivity contribution in [2.75, 3.05) is 0 Å². The van der Waals surface area contributed by atoms with E-state index in [0.717, 1.165) is 15.2 Å². The number of halogens is 1. The van der Waals surface area contributed by atoms with Gasteiger partial charge in [0.25, 0.3) is 0 Å². The highest BCUT2D eigenvalue weighted by molar-refractivity contribution is 9.10. The van der Waals surface area contributed by atoms with Crippen LogP contribution in [0.4, 0.5) is 0 Å². The maximum Gasteiger partial charge on any atom is 0.144 e. The van der Waals surface area contributed by atoms with Crippen LogP contribution in [0.1, 0.15) is 5.69 Å². The van der Waals surface area contributed by atoms with Gasteiger partial charge < -0.3 is 4.74 Å². The largest absolute Gasteiger partial charge is 0.456 e. The van der Waals surface area contributed by atoms with E-state index in [9.17, 15) is 0 Å². The number of nitrogens with zero attached hydrogens (tertiary/aromatic N) is 2. The fourth-order valence-electron chi connectivity index (χ4n) is 1.96. The first-order chi connectivity index (χ1) is 9.78. The lowest BCUT2D eigenvalue weighted by atomic mass is 10.1. The number of fused-ring (bicyclic) bond motifs is 1. The standard InChI is InChI=1S/C16H9BrN2O/c17-16-14-4-2-1-3-11(14)5-6-15(16)20-13-7-8-19-12(9-13)10-18/h1-9H. The van der Waals surface area contributed by atoms with Gasteiger partial charge in [0.15, 0.2) is 0 Å². The summed E-state index contributed by atoms with van der Waals surface area (Å²) in [5, 5.41) is 11.1. The molecule has 2 aromatic carbocycles. The number of nitriles is 1. The van der Waals surface area contributed by atoms with Gasteiger partial charge in [-0.25, -0.2) is 4.98 Å². The summed E-state index contributed by atoms with van der Waals surface area (Å²) in [5.41, 5.74) is 0.333. The lowest BCUT2D eigenvalue weighted by Gasteiger charge is -2.10. The van der Waals surface area contributed by atoms with Crippen molar-refractivity contribution in [3.63, 3.8) is 0 Å². The van der Waals surface area contributed by atoms with Gasteiger partial charge in [-0.3, -0.25) is 0 Å². The van der Waals surface area contributed by atoms with E-state index >= 15 is 0 Å². The minimum atomic E-state index is 0.333. The molecule has 0 saturated carbocycles.